The molecule has 8 heteroatoms. The first-order valence-corrected chi connectivity index (χ1v) is 6.07. The SMILES string of the molecule is C#CCNCC(=O)Nc1cc(Cl)c(OC(F)F)c(Cl)c1. The Morgan fingerprint density at radius 1 is 1.40 bits per heavy atom. The number of hydrogen-bond acceptors (Lipinski definition) is 3. The Balaban J connectivity index is 2.74. The maximum atomic E-state index is 12.1. The third-order valence-electron chi connectivity index (χ3n) is 2.00. The molecule has 1 aromatic carbocycles. The monoisotopic (exact) mass is 322 g/mol. The Labute approximate surface area is 124 Å². The molecule has 1 aromatic rings. The van der Waals surface area contributed by atoms with Gasteiger partial charge >= 0.3 is 6.61 Å². The summed E-state index contributed by atoms with van der Waals surface area (Å²) in [6.45, 7) is -2.80. The van der Waals surface area contributed by atoms with Crippen molar-refractivity contribution in [3.8, 4) is 18.1 Å². The van der Waals surface area contributed by atoms with Gasteiger partial charge in [0.15, 0.2) is 5.75 Å². The van der Waals surface area contributed by atoms with Crippen molar-refractivity contribution in [2.75, 3.05) is 18.4 Å². The summed E-state index contributed by atoms with van der Waals surface area (Å²) in [5, 5.41) is 4.90. The molecule has 0 spiro atoms. The molecule has 0 fully saturated rings. The van der Waals surface area contributed by atoms with Crippen LogP contribution in [0, 0.1) is 12.3 Å². The quantitative estimate of drug-likeness (QED) is 0.625. The summed E-state index contributed by atoms with van der Waals surface area (Å²) in [7, 11) is 0. The van der Waals surface area contributed by atoms with Gasteiger partial charge in [-0.2, -0.15) is 8.78 Å². The molecule has 108 valence electrons. The van der Waals surface area contributed by atoms with E-state index in [1.165, 1.54) is 12.1 Å². The molecule has 0 saturated heterocycles. The number of anilines is 1. The average molecular weight is 323 g/mol. The van der Waals surface area contributed by atoms with Crippen LogP contribution in [0.4, 0.5) is 14.5 Å². The molecule has 0 radical (unpaired) electrons. The van der Waals surface area contributed by atoms with Gasteiger partial charge in [0.2, 0.25) is 5.91 Å². The summed E-state index contributed by atoms with van der Waals surface area (Å²) in [5.74, 6) is 1.59. The molecule has 4 nitrogen and oxygen atoms in total. The van der Waals surface area contributed by atoms with Crippen LogP contribution in [0.25, 0.3) is 0 Å². The Bertz CT molecular complexity index is 510. The average Bonchev–Trinajstić information content (AvgIpc) is 2.34. The second kappa shape index (κ2) is 7.90. The third-order valence-corrected chi connectivity index (χ3v) is 2.56. The van der Waals surface area contributed by atoms with Gasteiger partial charge in [-0.05, 0) is 12.1 Å². The van der Waals surface area contributed by atoms with E-state index in [1.807, 2.05) is 0 Å². The number of terminal acetylenes is 1. The van der Waals surface area contributed by atoms with Crippen LogP contribution in [0.3, 0.4) is 0 Å². The number of nitrogens with one attached hydrogen (secondary N) is 2. The lowest BCUT2D eigenvalue weighted by atomic mass is 10.3. The van der Waals surface area contributed by atoms with Crippen molar-refractivity contribution in [1.82, 2.24) is 5.32 Å². The number of ether oxygens (including phenoxy) is 1. The Kier molecular flexibility index (Phi) is 6.52. The Morgan fingerprint density at radius 2 is 2.00 bits per heavy atom. The molecule has 1 rings (SSSR count). The first-order chi connectivity index (χ1) is 9.43. The van der Waals surface area contributed by atoms with E-state index >= 15 is 0 Å². The van der Waals surface area contributed by atoms with Gasteiger partial charge in [0.05, 0.1) is 23.1 Å². The fraction of sp³-hybridized carbons (Fsp3) is 0.250. The van der Waals surface area contributed by atoms with E-state index in [0.717, 1.165) is 0 Å². The summed E-state index contributed by atoms with van der Waals surface area (Å²) in [4.78, 5) is 11.5. The van der Waals surface area contributed by atoms with E-state index in [2.05, 4.69) is 21.3 Å². The zero-order chi connectivity index (χ0) is 15.1. The van der Waals surface area contributed by atoms with E-state index in [-0.39, 0.29) is 40.5 Å². The maximum Gasteiger partial charge on any atom is 0.387 e. The molecule has 1 amide bonds. The Hall–Kier alpha value is -1.55. The van der Waals surface area contributed by atoms with Gasteiger partial charge in [0.1, 0.15) is 0 Å². The van der Waals surface area contributed by atoms with Crippen LogP contribution in [0.5, 0.6) is 5.75 Å². The van der Waals surface area contributed by atoms with Crippen molar-refractivity contribution in [2.24, 2.45) is 0 Å². The number of alkyl halides is 2. The van der Waals surface area contributed by atoms with Crippen LogP contribution in [0.2, 0.25) is 10.0 Å². The topological polar surface area (TPSA) is 50.4 Å². The number of carbonyl (C=O) groups is 1. The highest BCUT2D eigenvalue weighted by Crippen LogP contribution is 2.36. The van der Waals surface area contributed by atoms with Crippen molar-refractivity contribution in [2.45, 2.75) is 6.61 Å². The third kappa shape index (κ3) is 5.21. The van der Waals surface area contributed by atoms with Crippen molar-refractivity contribution < 1.29 is 18.3 Å². The van der Waals surface area contributed by atoms with Gasteiger partial charge in [0.25, 0.3) is 0 Å². The smallest absolute Gasteiger partial charge is 0.387 e. The summed E-state index contributed by atoms with van der Waals surface area (Å²) >= 11 is 11.5. The highest BCUT2D eigenvalue weighted by Gasteiger charge is 2.15. The number of rotatable bonds is 6. The van der Waals surface area contributed by atoms with Crippen molar-refractivity contribution in [1.29, 1.82) is 0 Å². The molecule has 0 aromatic heterocycles. The van der Waals surface area contributed by atoms with E-state index in [0.29, 0.717) is 0 Å². The van der Waals surface area contributed by atoms with E-state index in [4.69, 9.17) is 29.6 Å². The first-order valence-electron chi connectivity index (χ1n) is 5.32. The van der Waals surface area contributed by atoms with Crippen LogP contribution < -0.4 is 15.4 Å². The van der Waals surface area contributed by atoms with Crippen LogP contribution in [-0.2, 0) is 4.79 Å². The molecule has 0 bridgehead atoms. The van der Waals surface area contributed by atoms with Gasteiger partial charge in [0, 0.05) is 5.69 Å². The first kappa shape index (κ1) is 16.5. The summed E-state index contributed by atoms with van der Waals surface area (Å²) in [6, 6.07) is 2.51. The zero-order valence-corrected chi connectivity index (χ0v) is 11.6. The molecule has 0 aliphatic heterocycles. The highest BCUT2D eigenvalue weighted by atomic mass is 35.5. The molecule has 0 aliphatic rings. The van der Waals surface area contributed by atoms with Crippen molar-refractivity contribution >= 4 is 34.8 Å². The number of amides is 1. The molecule has 0 atom stereocenters. The summed E-state index contributed by atoms with van der Waals surface area (Å²) in [6.07, 6.45) is 5.01. The van der Waals surface area contributed by atoms with Gasteiger partial charge in [-0.1, -0.05) is 29.1 Å². The van der Waals surface area contributed by atoms with Gasteiger partial charge in [-0.25, -0.2) is 0 Å². The Morgan fingerprint density at radius 3 is 2.50 bits per heavy atom. The van der Waals surface area contributed by atoms with E-state index in [9.17, 15) is 13.6 Å². The number of halogens is 4. The minimum absolute atomic E-state index is 0.00523. The van der Waals surface area contributed by atoms with Gasteiger partial charge in [-0.3, -0.25) is 10.1 Å². The molecule has 0 heterocycles. The summed E-state index contributed by atoms with van der Waals surface area (Å²) in [5.41, 5.74) is 0.258. The predicted octanol–water partition coefficient (Wildman–Crippen LogP) is 2.76. The van der Waals surface area contributed by atoms with Crippen LogP contribution in [0.15, 0.2) is 12.1 Å². The predicted molar refractivity (Wildman–Crippen MR) is 73.4 cm³/mol. The van der Waals surface area contributed by atoms with E-state index < -0.39 is 6.61 Å². The minimum atomic E-state index is -3.04. The summed E-state index contributed by atoms with van der Waals surface area (Å²) < 4.78 is 28.4. The maximum absolute atomic E-state index is 12.1. The van der Waals surface area contributed by atoms with Crippen molar-refractivity contribution in [3.05, 3.63) is 22.2 Å². The zero-order valence-electron chi connectivity index (χ0n) is 10.1. The molecular formula is C12H10Cl2F2N2O2. The highest BCUT2D eigenvalue weighted by molar-refractivity contribution is 6.37. The largest absolute Gasteiger partial charge is 0.432 e. The molecule has 0 saturated carbocycles. The molecular weight excluding hydrogens is 313 g/mol. The molecule has 2 N–H and O–H groups in total. The minimum Gasteiger partial charge on any atom is -0.432 e. The lowest BCUT2D eigenvalue weighted by molar-refractivity contribution is -0.115. The molecule has 20 heavy (non-hydrogen) atoms. The molecule has 0 unspecified atom stereocenters. The molecule has 0 aliphatic carbocycles. The second-order valence-corrected chi connectivity index (χ2v) is 4.32. The van der Waals surface area contributed by atoms with Crippen molar-refractivity contribution in [3.63, 3.8) is 0 Å². The van der Waals surface area contributed by atoms with Gasteiger partial charge < -0.3 is 10.1 Å². The fourth-order valence-electron chi connectivity index (χ4n) is 1.29. The van der Waals surface area contributed by atoms with Gasteiger partial charge in [-0.15, -0.1) is 6.42 Å². The fourth-order valence-corrected chi connectivity index (χ4v) is 1.86. The lowest BCUT2D eigenvalue weighted by Crippen LogP contribution is -2.28. The van der Waals surface area contributed by atoms with E-state index in [1.54, 1.807) is 0 Å². The number of carbonyl (C=O) groups excluding carboxylic acids is 1. The standard InChI is InChI=1S/C12H10Cl2F2N2O2/c1-2-3-17-6-10(19)18-7-4-8(13)11(9(14)5-7)20-12(15)16/h1,4-5,12,17H,3,6H2,(H,18,19). The van der Waals surface area contributed by atoms with Crippen LogP contribution in [0.1, 0.15) is 0 Å². The number of benzene rings is 1. The van der Waals surface area contributed by atoms with Crippen LogP contribution in [-0.4, -0.2) is 25.6 Å². The second-order valence-electron chi connectivity index (χ2n) is 3.50. The lowest BCUT2D eigenvalue weighted by Gasteiger charge is -2.11. The number of hydrogen-bond donors (Lipinski definition) is 2. The van der Waals surface area contributed by atoms with Crippen LogP contribution >= 0.6 is 23.2 Å². The normalized spacial score (nSPS) is 10.2.